The monoisotopic (exact) mass is 522 g/mol. The highest BCUT2D eigenvalue weighted by atomic mass is 31.0. The van der Waals surface area contributed by atoms with Gasteiger partial charge in [0, 0.05) is 30.2 Å². The molecule has 0 spiro atoms. The van der Waals surface area contributed by atoms with E-state index < -0.39 is 47.0 Å². The predicted octanol–water partition coefficient (Wildman–Crippen LogP) is 5.74. The van der Waals surface area contributed by atoms with E-state index >= 15 is 0 Å². The summed E-state index contributed by atoms with van der Waals surface area (Å²) in [6.07, 6.45) is -2.24. The largest absolute Gasteiger partial charge is 0.430 e. The Kier molecular flexibility index (Phi) is 7.95. The van der Waals surface area contributed by atoms with Gasteiger partial charge in [-0.3, -0.25) is 0 Å². The maximum atomic E-state index is 14.8. The summed E-state index contributed by atoms with van der Waals surface area (Å²) in [4.78, 5) is 0. The summed E-state index contributed by atoms with van der Waals surface area (Å²) in [5.74, 6) is -7.04. The van der Waals surface area contributed by atoms with E-state index in [-0.39, 0.29) is 35.0 Å². The number of hydrogen-bond donors (Lipinski definition) is 0. The minimum absolute atomic E-state index is 0.00660. The summed E-state index contributed by atoms with van der Waals surface area (Å²) in [5, 5.41) is -0.274. The smallest absolute Gasteiger partial charge is 0.429 e. The molecule has 2 saturated heterocycles. The molecule has 2 heterocycles. The second-order valence-electron chi connectivity index (χ2n) is 8.77. The molecule has 0 aromatic heterocycles. The molecule has 3 unspecified atom stereocenters. The molecule has 11 heteroatoms. The third-order valence-electron chi connectivity index (χ3n) is 6.34. The Morgan fingerprint density at radius 3 is 2.11 bits per heavy atom. The molecule has 2 fully saturated rings. The van der Waals surface area contributed by atoms with Gasteiger partial charge in [-0.2, -0.15) is 8.78 Å². The second kappa shape index (κ2) is 10.6. The summed E-state index contributed by atoms with van der Waals surface area (Å²) < 4.78 is 106. The van der Waals surface area contributed by atoms with Crippen molar-refractivity contribution < 1.29 is 45.3 Å². The van der Waals surface area contributed by atoms with E-state index in [1.165, 1.54) is 6.07 Å². The van der Waals surface area contributed by atoms with Crippen LogP contribution in [0.5, 0.6) is 5.75 Å². The molecule has 4 rings (SSSR count). The molecule has 0 amide bonds. The third-order valence-corrected chi connectivity index (χ3v) is 6.80. The summed E-state index contributed by atoms with van der Waals surface area (Å²) >= 11 is 0. The van der Waals surface area contributed by atoms with Crippen LogP contribution < -0.4 is 10.0 Å². The van der Waals surface area contributed by atoms with E-state index in [2.05, 4.69) is 11.7 Å². The number of hydrogen-bond acceptors (Lipinski definition) is 4. The van der Waals surface area contributed by atoms with Crippen LogP contribution in [-0.2, 0) is 20.3 Å². The van der Waals surface area contributed by atoms with Crippen LogP contribution >= 0.6 is 9.24 Å². The first-order valence-electron chi connectivity index (χ1n) is 11.2. The highest BCUT2D eigenvalue weighted by Gasteiger charge is 2.41. The maximum absolute atomic E-state index is 14.8. The second-order valence-corrected chi connectivity index (χ2v) is 9.39. The first-order chi connectivity index (χ1) is 16.6. The van der Waals surface area contributed by atoms with Gasteiger partial charge in [-0.05, 0) is 36.2 Å². The fraction of sp³-hybridized carbons (Fsp3) is 0.500. The predicted molar refractivity (Wildman–Crippen MR) is 117 cm³/mol. The Morgan fingerprint density at radius 2 is 1.57 bits per heavy atom. The van der Waals surface area contributed by atoms with Gasteiger partial charge in [0.15, 0.2) is 23.7 Å². The first-order valence-corrected chi connectivity index (χ1v) is 11.8. The molecule has 2 aromatic carbocycles. The van der Waals surface area contributed by atoms with Crippen molar-refractivity contribution in [2.45, 2.75) is 44.7 Å². The average Bonchev–Trinajstić information content (AvgIpc) is 2.81. The topological polar surface area (TPSA) is 36.9 Å². The van der Waals surface area contributed by atoms with Gasteiger partial charge >= 0.3 is 6.11 Å². The zero-order valence-electron chi connectivity index (χ0n) is 18.8. The van der Waals surface area contributed by atoms with E-state index in [4.69, 9.17) is 14.2 Å². The van der Waals surface area contributed by atoms with Gasteiger partial charge in [0.05, 0.1) is 19.3 Å². The van der Waals surface area contributed by atoms with Gasteiger partial charge in [0.2, 0.25) is 0 Å². The van der Waals surface area contributed by atoms with Crippen molar-refractivity contribution in [2.24, 2.45) is 11.8 Å². The lowest BCUT2D eigenvalue weighted by molar-refractivity contribution is -0.227. The molecule has 4 nitrogen and oxygen atoms in total. The SMILES string of the molecule is CCC1CCC(C2COC(c3cc(F)c(C(F)(F)Oc4cc(F)c(F)c(F)c4)c(P)c3)OC2)OC1. The fourth-order valence-corrected chi connectivity index (χ4v) is 4.83. The van der Waals surface area contributed by atoms with Gasteiger partial charge in [-0.1, -0.05) is 13.3 Å². The van der Waals surface area contributed by atoms with Crippen LogP contribution in [0.4, 0.5) is 26.3 Å². The summed E-state index contributed by atoms with van der Waals surface area (Å²) in [7, 11) is 1.97. The van der Waals surface area contributed by atoms with E-state index in [9.17, 15) is 26.3 Å². The van der Waals surface area contributed by atoms with Crippen molar-refractivity contribution in [1.82, 2.24) is 0 Å². The van der Waals surface area contributed by atoms with Crippen molar-refractivity contribution in [1.29, 1.82) is 0 Å². The van der Waals surface area contributed by atoms with Crippen molar-refractivity contribution in [3.05, 3.63) is 58.7 Å². The summed E-state index contributed by atoms with van der Waals surface area (Å²) in [6, 6.07) is 2.57. The molecule has 2 aliphatic rings. The molecule has 0 bridgehead atoms. The van der Waals surface area contributed by atoms with Crippen LogP contribution in [0, 0.1) is 35.1 Å². The van der Waals surface area contributed by atoms with Crippen molar-refractivity contribution in [3.8, 4) is 5.75 Å². The first kappa shape index (κ1) is 26.2. The van der Waals surface area contributed by atoms with Crippen LogP contribution in [0.1, 0.15) is 43.6 Å². The highest BCUT2D eigenvalue weighted by Crippen LogP contribution is 2.37. The Morgan fingerprint density at radius 1 is 0.914 bits per heavy atom. The molecule has 35 heavy (non-hydrogen) atoms. The minimum atomic E-state index is -4.32. The van der Waals surface area contributed by atoms with Crippen LogP contribution in [0.15, 0.2) is 24.3 Å². The molecule has 0 saturated carbocycles. The molecule has 2 aromatic rings. The standard InChI is InChI=1S/C24H25F6O4P/c1-2-12-3-4-19(31-9-12)14-10-32-23(33-11-14)13-5-16(25)21(20(35)6-13)24(29,30)34-15-7-17(26)22(28)18(27)8-15/h5-8,12,14,19,23H,2-4,9-11,35H2,1H3. The van der Waals surface area contributed by atoms with Crippen molar-refractivity contribution in [3.63, 3.8) is 0 Å². The molecular weight excluding hydrogens is 497 g/mol. The molecule has 2 aliphatic heterocycles. The van der Waals surface area contributed by atoms with Crippen LogP contribution in [-0.4, -0.2) is 25.9 Å². The lowest BCUT2D eigenvalue weighted by Crippen LogP contribution is -2.40. The molecular formula is C24H25F6O4P. The quantitative estimate of drug-likeness (QED) is 0.276. The van der Waals surface area contributed by atoms with E-state index in [0.29, 0.717) is 25.7 Å². The number of rotatable bonds is 6. The number of benzene rings is 2. The van der Waals surface area contributed by atoms with Crippen molar-refractivity contribution >= 4 is 14.5 Å². The summed E-state index contributed by atoms with van der Waals surface area (Å²) in [6.45, 7) is 3.43. The van der Waals surface area contributed by atoms with Gasteiger partial charge < -0.3 is 18.9 Å². The fourth-order valence-electron chi connectivity index (χ4n) is 4.33. The number of halogens is 6. The molecule has 0 aliphatic carbocycles. The third kappa shape index (κ3) is 5.77. The lowest BCUT2D eigenvalue weighted by atomic mass is 9.90. The van der Waals surface area contributed by atoms with Crippen molar-refractivity contribution in [2.75, 3.05) is 19.8 Å². The number of alkyl halides is 2. The zero-order valence-corrected chi connectivity index (χ0v) is 20.0. The van der Waals surface area contributed by atoms with Gasteiger partial charge in [-0.15, -0.1) is 9.24 Å². The molecule has 0 N–H and O–H groups in total. The lowest BCUT2D eigenvalue weighted by Gasteiger charge is -2.37. The normalized spacial score (nSPS) is 25.5. The average molecular weight is 522 g/mol. The summed E-state index contributed by atoms with van der Waals surface area (Å²) in [5.41, 5.74) is -0.980. The Bertz CT molecular complexity index is 1010. The Labute approximate surface area is 201 Å². The molecule has 0 radical (unpaired) electrons. The number of ether oxygens (including phenoxy) is 4. The Hall–Kier alpha value is -1.87. The molecule has 3 atom stereocenters. The van der Waals surface area contributed by atoms with Crippen LogP contribution in [0.2, 0.25) is 0 Å². The van der Waals surface area contributed by atoms with Crippen LogP contribution in [0.25, 0.3) is 0 Å². The van der Waals surface area contributed by atoms with Gasteiger partial charge in [-0.25, -0.2) is 17.6 Å². The van der Waals surface area contributed by atoms with E-state index in [1.54, 1.807) is 0 Å². The maximum Gasteiger partial charge on any atom is 0.430 e. The zero-order chi connectivity index (χ0) is 25.3. The Balaban J connectivity index is 1.44. The van der Waals surface area contributed by atoms with E-state index in [0.717, 1.165) is 25.3 Å². The highest BCUT2D eigenvalue weighted by molar-refractivity contribution is 7.27. The van der Waals surface area contributed by atoms with Crippen LogP contribution in [0.3, 0.4) is 0 Å². The van der Waals surface area contributed by atoms with Gasteiger partial charge in [0.25, 0.3) is 0 Å². The van der Waals surface area contributed by atoms with Gasteiger partial charge in [0.1, 0.15) is 17.1 Å². The van der Waals surface area contributed by atoms with E-state index in [1.807, 2.05) is 9.24 Å². The minimum Gasteiger partial charge on any atom is -0.429 e. The molecule has 192 valence electrons.